The third-order valence-electron chi connectivity index (χ3n) is 3.89. The number of carbonyl (C=O) groups is 1. The van der Waals surface area contributed by atoms with Gasteiger partial charge in [0.2, 0.25) is 5.91 Å². The second-order valence-electron chi connectivity index (χ2n) is 6.71. The van der Waals surface area contributed by atoms with E-state index < -0.39 is 5.76 Å². The Kier molecular flexibility index (Phi) is 5.79. The quantitative estimate of drug-likeness (QED) is 0.615. The SMILES string of the molecule is Cc1nn(CC(C)C)c(Cl)c1/C=C/C(=O)Nc1cccc(-c2noc(=O)[nH]2)c1. The number of rotatable bonds is 6. The molecule has 0 aliphatic carbocycles. The van der Waals surface area contributed by atoms with Crippen molar-refractivity contribution in [3.05, 3.63) is 57.3 Å². The summed E-state index contributed by atoms with van der Waals surface area (Å²) in [4.78, 5) is 25.8. The maximum absolute atomic E-state index is 12.3. The van der Waals surface area contributed by atoms with Gasteiger partial charge in [-0.1, -0.05) is 42.7 Å². The zero-order valence-corrected chi connectivity index (χ0v) is 16.4. The van der Waals surface area contributed by atoms with E-state index in [1.54, 1.807) is 35.0 Å². The van der Waals surface area contributed by atoms with Gasteiger partial charge in [-0.05, 0) is 31.1 Å². The number of aryl methyl sites for hydroxylation is 1. The van der Waals surface area contributed by atoms with Crippen LogP contribution in [-0.4, -0.2) is 25.8 Å². The highest BCUT2D eigenvalue weighted by Gasteiger charge is 2.12. The number of halogens is 1. The summed E-state index contributed by atoms with van der Waals surface area (Å²) in [5, 5.41) is 11.3. The Morgan fingerprint density at radius 2 is 2.21 bits per heavy atom. The summed E-state index contributed by atoms with van der Waals surface area (Å²) in [6.45, 7) is 6.72. The Balaban J connectivity index is 1.73. The van der Waals surface area contributed by atoms with Crippen LogP contribution in [0.4, 0.5) is 5.69 Å². The number of carbonyl (C=O) groups excluding carboxylic acids is 1. The summed E-state index contributed by atoms with van der Waals surface area (Å²) >= 11 is 6.38. The molecule has 1 aromatic carbocycles. The van der Waals surface area contributed by atoms with Crippen molar-refractivity contribution in [2.75, 3.05) is 5.32 Å². The molecule has 0 fully saturated rings. The molecule has 146 valence electrons. The largest absolute Gasteiger partial charge is 0.439 e. The van der Waals surface area contributed by atoms with E-state index >= 15 is 0 Å². The summed E-state index contributed by atoms with van der Waals surface area (Å²) < 4.78 is 6.23. The summed E-state index contributed by atoms with van der Waals surface area (Å²) in [6, 6.07) is 6.88. The summed E-state index contributed by atoms with van der Waals surface area (Å²) in [5.41, 5.74) is 2.63. The summed E-state index contributed by atoms with van der Waals surface area (Å²) in [7, 11) is 0. The Morgan fingerprint density at radius 1 is 1.43 bits per heavy atom. The van der Waals surface area contributed by atoms with Gasteiger partial charge in [-0.25, -0.2) is 4.79 Å². The molecule has 9 heteroatoms. The maximum atomic E-state index is 12.3. The van der Waals surface area contributed by atoms with Crippen molar-refractivity contribution in [1.82, 2.24) is 19.9 Å². The molecule has 0 aliphatic rings. The van der Waals surface area contributed by atoms with Crippen LogP contribution in [0.25, 0.3) is 17.5 Å². The normalized spacial score (nSPS) is 11.5. The average molecular weight is 402 g/mol. The van der Waals surface area contributed by atoms with E-state index in [0.717, 1.165) is 5.69 Å². The van der Waals surface area contributed by atoms with Gasteiger partial charge in [0.1, 0.15) is 5.15 Å². The third-order valence-corrected chi connectivity index (χ3v) is 4.29. The number of anilines is 1. The third kappa shape index (κ3) is 4.58. The van der Waals surface area contributed by atoms with Crippen molar-refractivity contribution in [1.29, 1.82) is 0 Å². The van der Waals surface area contributed by atoms with Crippen LogP contribution >= 0.6 is 11.6 Å². The standard InChI is InChI=1S/C19H20ClN5O3/c1-11(2)10-25-17(20)15(12(3)23-25)7-8-16(26)21-14-6-4-5-13(9-14)18-22-19(27)28-24-18/h4-9,11H,10H2,1-3H3,(H,21,26)(H,22,24,27)/b8-7+. The Labute approximate surface area is 166 Å². The molecule has 2 N–H and O–H groups in total. The van der Waals surface area contributed by atoms with E-state index in [2.05, 4.69) is 38.9 Å². The second-order valence-corrected chi connectivity index (χ2v) is 7.07. The molecule has 0 bridgehead atoms. The average Bonchev–Trinajstić information content (AvgIpc) is 3.17. The molecule has 28 heavy (non-hydrogen) atoms. The van der Waals surface area contributed by atoms with E-state index in [9.17, 15) is 9.59 Å². The Morgan fingerprint density at radius 3 is 2.89 bits per heavy atom. The minimum Gasteiger partial charge on any atom is -0.322 e. The second kappa shape index (κ2) is 8.26. The van der Waals surface area contributed by atoms with E-state index in [1.165, 1.54) is 6.08 Å². The van der Waals surface area contributed by atoms with E-state index in [1.807, 2.05) is 6.92 Å². The number of H-pyrrole nitrogens is 1. The molecule has 0 unspecified atom stereocenters. The highest BCUT2D eigenvalue weighted by Crippen LogP contribution is 2.23. The number of amides is 1. The van der Waals surface area contributed by atoms with Crippen LogP contribution in [0.5, 0.6) is 0 Å². The smallest absolute Gasteiger partial charge is 0.322 e. The molecule has 0 saturated carbocycles. The van der Waals surface area contributed by atoms with Crippen LogP contribution in [0.1, 0.15) is 25.1 Å². The fourth-order valence-corrected chi connectivity index (χ4v) is 2.97. The molecule has 8 nitrogen and oxygen atoms in total. The Bertz CT molecular complexity index is 1080. The molecule has 3 rings (SSSR count). The summed E-state index contributed by atoms with van der Waals surface area (Å²) in [6.07, 6.45) is 3.05. The minimum atomic E-state index is -0.641. The van der Waals surface area contributed by atoms with Crippen molar-refractivity contribution in [2.24, 2.45) is 5.92 Å². The predicted molar refractivity (Wildman–Crippen MR) is 107 cm³/mol. The first-order chi connectivity index (χ1) is 13.3. The lowest BCUT2D eigenvalue weighted by Crippen LogP contribution is -2.08. The van der Waals surface area contributed by atoms with E-state index in [-0.39, 0.29) is 11.7 Å². The molecule has 0 radical (unpaired) electrons. The number of hydrogen-bond acceptors (Lipinski definition) is 5. The topological polar surface area (TPSA) is 106 Å². The first kappa shape index (κ1) is 19.6. The highest BCUT2D eigenvalue weighted by atomic mass is 35.5. The minimum absolute atomic E-state index is 0.289. The predicted octanol–water partition coefficient (Wildman–Crippen LogP) is 3.50. The number of aromatic amines is 1. The van der Waals surface area contributed by atoms with Crippen LogP contribution < -0.4 is 11.1 Å². The molecule has 0 spiro atoms. The van der Waals surface area contributed by atoms with Gasteiger partial charge in [0.05, 0.1) is 5.69 Å². The molecular weight excluding hydrogens is 382 g/mol. The highest BCUT2D eigenvalue weighted by molar-refractivity contribution is 6.31. The lowest BCUT2D eigenvalue weighted by Gasteiger charge is -2.05. The fraction of sp³-hybridized carbons (Fsp3) is 0.263. The summed E-state index contributed by atoms with van der Waals surface area (Å²) in [5.74, 6) is -0.268. The van der Waals surface area contributed by atoms with Crippen LogP contribution in [0.3, 0.4) is 0 Å². The molecule has 2 heterocycles. The molecule has 3 aromatic rings. The molecule has 0 saturated heterocycles. The van der Waals surface area contributed by atoms with Gasteiger partial charge in [0.25, 0.3) is 0 Å². The molecule has 0 aliphatic heterocycles. The lowest BCUT2D eigenvalue weighted by atomic mass is 10.2. The van der Waals surface area contributed by atoms with Crippen molar-refractivity contribution in [2.45, 2.75) is 27.3 Å². The van der Waals surface area contributed by atoms with Crippen molar-refractivity contribution >= 4 is 29.3 Å². The van der Waals surface area contributed by atoms with Crippen LogP contribution in [-0.2, 0) is 11.3 Å². The van der Waals surface area contributed by atoms with Gasteiger partial charge in [-0.15, -0.1) is 0 Å². The monoisotopic (exact) mass is 401 g/mol. The van der Waals surface area contributed by atoms with E-state index in [4.69, 9.17) is 11.6 Å². The molecular formula is C19H20ClN5O3. The Hall–Kier alpha value is -3.13. The number of aromatic nitrogens is 4. The number of hydrogen-bond donors (Lipinski definition) is 2. The van der Waals surface area contributed by atoms with Crippen molar-refractivity contribution in [3.63, 3.8) is 0 Å². The van der Waals surface area contributed by atoms with Gasteiger partial charge < -0.3 is 5.32 Å². The first-order valence-corrected chi connectivity index (χ1v) is 9.09. The van der Waals surface area contributed by atoms with Crippen molar-refractivity contribution in [3.8, 4) is 11.4 Å². The number of nitrogens with one attached hydrogen (secondary N) is 2. The van der Waals surface area contributed by atoms with Crippen LogP contribution in [0, 0.1) is 12.8 Å². The van der Waals surface area contributed by atoms with Crippen LogP contribution in [0.15, 0.2) is 39.7 Å². The molecule has 2 aromatic heterocycles. The van der Waals surface area contributed by atoms with E-state index in [0.29, 0.717) is 34.4 Å². The lowest BCUT2D eigenvalue weighted by molar-refractivity contribution is -0.111. The number of nitrogens with zero attached hydrogens (tertiary/aromatic N) is 3. The zero-order chi connectivity index (χ0) is 20.3. The fourth-order valence-electron chi connectivity index (χ4n) is 2.66. The maximum Gasteiger partial charge on any atom is 0.439 e. The van der Waals surface area contributed by atoms with Gasteiger partial charge in [-0.3, -0.25) is 19.0 Å². The van der Waals surface area contributed by atoms with Gasteiger partial charge in [0, 0.05) is 29.4 Å². The molecule has 0 atom stereocenters. The van der Waals surface area contributed by atoms with Crippen molar-refractivity contribution < 1.29 is 9.32 Å². The first-order valence-electron chi connectivity index (χ1n) is 8.72. The zero-order valence-electron chi connectivity index (χ0n) is 15.7. The van der Waals surface area contributed by atoms with Gasteiger partial charge in [0.15, 0.2) is 5.82 Å². The number of benzene rings is 1. The molecule has 1 amide bonds. The van der Waals surface area contributed by atoms with Gasteiger partial charge in [-0.2, -0.15) is 5.10 Å². The van der Waals surface area contributed by atoms with Gasteiger partial charge >= 0.3 is 5.76 Å². The van der Waals surface area contributed by atoms with Crippen LogP contribution in [0.2, 0.25) is 5.15 Å².